The lowest BCUT2D eigenvalue weighted by molar-refractivity contribution is 0.335. The summed E-state index contributed by atoms with van der Waals surface area (Å²) in [6, 6.07) is 8.10. The summed E-state index contributed by atoms with van der Waals surface area (Å²) in [6.07, 6.45) is 2.51. The molecule has 108 valence electrons. The van der Waals surface area contributed by atoms with Crippen LogP contribution in [0.3, 0.4) is 0 Å². The molecule has 2 atom stereocenters. The molecule has 0 bridgehead atoms. The number of aromatic nitrogens is 2. The molecule has 0 saturated carbocycles. The smallest absolute Gasteiger partial charge is 0.269 e. The molecule has 0 aliphatic heterocycles. The van der Waals surface area contributed by atoms with Crippen molar-refractivity contribution in [3.05, 3.63) is 40.8 Å². The van der Waals surface area contributed by atoms with Crippen molar-refractivity contribution in [3.63, 3.8) is 0 Å². The van der Waals surface area contributed by atoms with Crippen LogP contribution < -0.4 is 10.9 Å². The molecule has 0 aliphatic rings. The second kappa shape index (κ2) is 6.66. The van der Waals surface area contributed by atoms with Crippen LogP contribution in [-0.2, 0) is 6.54 Å². The van der Waals surface area contributed by atoms with Gasteiger partial charge >= 0.3 is 0 Å². The van der Waals surface area contributed by atoms with Crippen LogP contribution >= 0.6 is 0 Å². The zero-order valence-corrected chi connectivity index (χ0v) is 12.5. The van der Waals surface area contributed by atoms with Gasteiger partial charge in [0.2, 0.25) is 0 Å². The van der Waals surface area contributed by atoms with Crippen LogP contribution in [0.15, 0.2) is 35.3 Å². The fraction of sp³-hybridized carbons (Fsp3) is 0.500. The quantitative estimate of drug-likeness (QED) is 0.879. The lowest BCUT2D eigenvalue weighted by Gasteiger charge is -2.25. The largest absolute Gasteiger partial charge is 0.312 e. The topological polar surface area (TPSA) is 46.9 Å². The molecular formula is C16H23N3O. The van der Waals surface area contributed by atoms with E-state index in [1.54, 1.807) is 0 Å². The average molecular weight is 273 g/mol. The predicted molar refractivity (Wildman–Crippen MR) is 82.9 cm³/mol. The minimum absolute atomic E-state index is 0.0325. The van der Waals surface area contributed by atoms with E-state index in [2.05, 4.69) is 31.1 Å². The zero-order chi connectivity index (χ0) is 14.5. The van der Waals surface area contributed by atoms with Crippen LogP contribution in [0.5, 0.6) is 0 Å². The van der Waals surface area contributed by atoms with Gasteiger partial charge in [0.15, 0.2) is 0 Å². The zero-order valence-electron chi connectivity index (χ0n) is 12.5. The van der Waals surface area contributed by atoms with Gasteiger partial charge in [0.25, 0.3) is 5.56 Å². The van der Waals surface area contributed by atoms with Crippen LogP contribution in [0, 0.1) is 5.92 Å². The van der Waals surface area contributed by atoms with Crippen molar-refractivity contribution in [3.8, 4) is 0 Å². The van der Waals surface area contributed by atoms with Gasteiger partial charge in [-0.05, 0) is 24.6 Å². The Labute approximate surface area is 119 Å². The number of benzene rings is 1. The highest BCUT2D eigenvalue weighted by molar-refractivity contribution is 5.74. The molecule has 0 aliphatic carbocycles. The second-order valence-electron chi connectivity index (χ2n) is 5.25. The molecule has 1 heterocycles. The summed E-state index contributed by atoms with van der Waals surface area (Å²) in [6.45, 7) is 8.10. The Morgan fingerprint density at radius 3 is 2.75 bits per heavy atom. The maximum atomic E-state index is 12.2. The fourth-order valence-electron chi connectivity index (χ4n) is 2.49. The summed E-state index contributed by atoms with van der Waals surface area (Å²) >= 11 is 0. The predicted octanol–water partition coefficient (Wildman–Crippen LogP) is 2.42. The van der Waals surface area contributed by atoms with Gasteiger partial charge in [0, 0.05) is 12.6 Å². The number of para-hydroxylation sites is 2. The summed E-state index contributed by atoms with van der Waals surface area (Å²) in [5, 5.41) is 3.49. The Balaban J connectivity index is 2.41. The van der Waals surface area contributed by atoms with E-state index in [-0.39, 0.29) is 5.56 Å². The van der Waals surface area contributed by atoms with Crippen molar-refractivity contribution in [1.29, 1.82) is 0 Å². The first-order chi connectivity index (χ1) is 9.67. The Morgan fingerprint density at radius 2 is 2.05 bits per heavy atom. The van der Waals surface area contributed by atoms with E-state index in [4.69, 9.17) is 0 Å². The molecule has 0 spiro atoms. The third-order valence-corrected chi connectivity index (χ3v) is 3.93. The van der Waals surface area contributed by atoms with Gasteiger partial charge < -0.3 is 9.88 Å². The minimum Gasteiger partial charge on any atom is -0.312 e. The number of hydrogen-bond acceptors (Lipinski definition) is 3. The molecule has 20 heavy (non-hydrogen) atoms. The molecule has 2 aromatic rings. The Kier molecular flexibility index (Phi) is 4.90. The SMILES string of the molecule is CCNC(Cn1c(=O)cnc2ccccc21)C(C)CC. The second-order valence-corrected chi connectivity index (χ2v) is 5.25. The van der Waals surface area contributed by atoms with Gasteiger partial charge in [-0.1, -0.05) is 39.3 Å². The molecule has 1 aromatic heterocycles. The lowest BCUT2D eigenvalue weighted by atomic mass is 9.99. The van der Waals surface area contributed by atoms with E-state index in [9.17, 15) is 4.79 Å². The number of hydrogen-bond donors (Lipinski definition) is 1. The highest BCUT2D eigenvalue weighted by Gasteiger charge is 2.17. The maximum absolute atomic E-state index is 12.2. The fourth-order valence-corrected chi connectivity index (χ4v) is 2.49. The van der Waals surface area contributed by atoms with Gasteiger partial charge in [-0.3, -0.25) is 4.79 Å². The minimum atomic E-state index is -0.0325. The van der Waals surface area contributed by atoms with Crippen LogP contribution in [0.1, 0.15) is 27.2 Å². The molecule has 1 N–H and O–H groups in total. The standard InChI is InChI=1S/C16H23N3O/c1-4-12(3)14(17-5-2)11-19-15-9-7-6-8-13(15)18-10-16(19)20/h6-10,12,14,17H,4-5,11H2,1-3H3. The van der Waals surface area contributed by atoms with Gasteiger partial charge in [-0.2, -0.15) is 0 Å². The van der Waals surface area contributed by atoms with Crippen molar-refractivity contribution in [2.45, 2.75) is 39.8 Å². The summed E-state index contributed by atoms with van der Waals surface area (Å²) in [5.41, 5.74) is 1.74. The Morgan fingerprint density at radius 1 is 1.30 bits per heavy atom. The number of fused-ring (bicyclic) bond motifs is 1. The van der Waals surface area contributed by atoms with Crippen molar-refractivity contribution in [2.75, 3.05) is 6.54 Å². The number of nitrogens with one attached hydrogen (secondary N) is 1. The number of likely N-dealkylation sites (N-methyl/N-ethyl adjacent to an activating group) is 1. The summed E-state index contributed by atoms with van der Waals surface area (Å²) < 4.78 is 1.84. The van der Waals surface area contributed by atoms with Crippen LogP contribution in [0.25, 0.3) is 11.0 Å². The van der Waals surface area contributed by atoms with Gasteiger partial charge in [-0.25, -0.2) is 4.98 Å². The molecule has 2 unspecified atom stereocenters. The first-order valence-electron chi connectivity index (χ1n) is 7.35. The van der Waals surface area contributed by atoms with E-state index in [1.807, 2.05) is 28.8 Å². The highest BCUT2D eigenvalue weighted by atomic mass is 16.1. The number of rotatable bonds is 6. The molecule has 0 fully saturated rings. The highest BCUT2D eigenvalue weighted by Crippen LogP contribution is 2.13. The van der Waals surface area contributed by atoms with Gasteiger partial charge in [0.1, 0.15) is 0 Å². The van der Waals surface area contributed by atoms with E-state index < -0.39 is 0 Å². The van der Waals surface area contributed by atoms with Crippen molar-refractivity contribution < 1.29 is 0 Å². The molecule has 0 radical (unpaired) electrons. The molecule has 0 amide bonds. The molecule has 1 aromatic carbocycles. The van der Waals surface area contributed by atoms with E-state index in [1.165, 1.54) is 6.20 Å². The van der Waals surface area contributed by atoms with Crippen molar-refractivity contribution >= 4 is 11.0 Å². The van der Waals surface area contributed by atoms with Crippen molar-refractivity contribution in [1.82, 2.24) is 14.9 Å². The van der Waals surface area contributed by atoms with Crippen molar-refractivity contribution in [2.24, 2.45) is 5.92 Å². The summed E-state index contributed by atoms with van der Waals surface area (Å²) in [4.78, 5) is 16.4. The lowest BCUT2D eigenvalue weighted by Crippen LogP contribution is -2.41. The normalized spacial score (nSPS) is 14.3. The van der Waals surface area contributed by atoms with Crippen LogP contribution in [0.2, 0.25) is 0 Å². The molecule has 0 saturated heterocycles. The van der Waals surface area contributed by atoms with E-state index in [0.717, 1.165) is 24.0 Å². The van der Waals surface area contributed by atoms with E-state index >= 15 is 0 Å². The maximum Gasteiger partial charge on any atom is 0.269 e. The van der Waals surface area contributed by atoms with Crippen LogP contribution in [0.4, 0.5) is 0 Å². The molecule has 4 nitrogen and oxygen atoms in total. The van der Waals surface area contributed by atoms with Gasteiger partial charge in [0.05, 0.1) is 17.2 Å². The van der Waals surface area contributed by atoms with E-state index in [0.29, 0.717) is 18.5 Å². The molecule has 2 rings (SSSR count). The summed E-state index contributed by atoms with van der Waals surface area (Å²) in [7, 11) is 0. The first kappa shape index (κ1) is 14.7. The Bertz CT molecular complexity index is 620. The third kappa shape index (κ3) is 3.07. The number of nitrogens with zero attached hydrogens (tertiary/aromatic N) is 2. The Hall–Kier alpha value is -1.68. The summed E-state index contributed by atoms with van der Waals surface area (Å²) in [5.74, 6) is 0.522. The monoisotopic (exact) mass is 273 g/mol. The first-order valence-corrected chi connectivity index (χ1v) is 7.35. The molecular weight excluding hydrogens is 250 g/mol. The van der Waals surface area contributed by atoms with Crippen LogP contribution in [-0.4, -0.2) is 22.1 Å². The third-order valence-electron chi connectivity index (χ3n) is 3.93. The average Bonchev–Trinajstić information content (AvgIpc) is 2.48. The van der Waals surface area contributed by atoms with Gasteiger partial charge in [-0.15, -0.1) is 0 Å². The molecule has 4 heteroatoms.